The normalized spacial score (nSPS) is 23.1. The third-order valence-electron chi connectivity index (χ3n) is 7.20. The van der Waals surface area contributed by atoms with E-state index in [9.17, 15) is 13.2 Å². The van der Waals surface area contributed by atoms with Crippen LogP contribution in [0.2, 0.25) is 5.02 Å². The number of nitrogen functional groups attached to an aromatic ring is 1. The smallest absolute Gasteiger partial charge is 0.429 e. The van der Waals surface area contributed by atoms with Crippen molar-refractivity contribution in [3.63, 3.8) is 0 Å². The van der Waals surface area contributed by atoms with Gasteiger partial charge in [-0.3, -0.25) is 0 Å². The van der Waals surface area contributed by atoms with E-state index in [0.717, 1.165) is 44.3 Å². The predicted octanol–water partition coefficient (Wildman–Crippen LogP) is 6.09. The second-order valence-electron chi connectivity index (χ2n) is 9.70. The van der Waals surface area contributed by atoms with Crippen molar-refractivity contribution in [3.8, 4) is 5.88 Å². The number of nitrogens with one attached hydrogen (secondary N) is 1. The van der Waals surface area contributed by atoms with Gasteiger partial charge in [-0.2, -0.15) is 18.2 Å². The van der Waals surface area contributed by atoms with Crippen LogP contribution in [0, 0.1) is 5.41 Å². The fraction of sp³-hybridized carbons (Fsp3) is 0.462. The minimum Gasteiger partial charge on any atom is -0.501 e. The second kappa shape index (κ2) is 9.94. The average molecular weight is 521 g/mol. The summed E-state index contributed by atoms with van der Waals surface area (Å²) in [6, 6.07) is 5.73. The Hall–Kier alpha value is -2.78. The van der Waals surface area contributed by atoms with E-state index in [1.807, 2.05) is 0 Å². The third kappa shape index (κ3) is 5.32. The van der Waals surface area contributed by atoms with Crippen molar-refractivity contribution < 1.29 is 22.6 Å². The lowest BCUT2D eigenvalue weighted by Crippen LogP contribution is -2.28. The van der Waals surface area contributed by atoms with E-state index >= 15 is 0 Å². The maximum absolute atomic E-state index is 14.4. The van der Waals surface area contributed by atoms with E-state index in [4.69, 9.17) is 26.8 Å². The topological polar surface area (TPSA) is 82.3 Å². The summed E-state index contributed by atoms with van der Waals surface area (Å²) in [6.45, 7) is 2.51. The summed E-state index contributed by atoms with van der Waals surface area (Å²) in [5, 5.41) is 3.74. The lowest BCUT2D eigenvalue weighted by molar-refractivity contribution is -0.198. The maximum atomic E-state index is 14.4. The van der Waals surface area contributed by atoms with Crippen LogP contribution in [0.4, 0.5) is 19.1 Å². The van der Waals surface area contributed by atoms with Gasteiger partial charge in [-0.25, -0.2) is 4.98 Å². The molecule has 10 heteroatoms. The van der Waals surface area contributed by atoms with Crippen molar-refractivity contribution in [2.45, 2.75) is 50.8 Å². The van der Waals surface area contributed by atoms with Crippen molar-refractivity contribution in [3.05, 3.63) is 58.4 Å². The van der Waals surface area contributed by atoms with Crippen molar-refractivity contribution in [1.82, 2.24) is 15.3 Å². The van der Waals surface area contributed by atoms with Gasteiger partial charge in [0.2, 0.25) is 17.9 Å². The van der Waals surface area contributed by atoms with Crippen LogP contribution in [-0.2, 0) is 4.74 Å². The summed E-state index contributed by atoms with van der Waals surface area (Å²) in [6.07, 6.45) is 1.68. The number of alkyl halides is 3. The standard InChI is InChI=1S/C26H28ClF3N4O2/c27-18-3-4-19(20(12-18)17-2-1-11-35-14-17)23(26(28,29)30)36-22-13-21(33-24(31)34-22)16-5-7-25(8-6-16)9-10-32-15-25/h3-5,12-14,23,32H,1-2,6-11,15H2,(H2,31,33,34)/t23-,25?/m1/s1. The fourth-order valence-electron chi connectivity index (χ4n) is 5.25. The first-order valence-electron chi connectivity index (χ1n) is 12.1. The van der Waals surface area contributed by atoms with Gasteiger partial charge in [0.25, 0.3) is 0 Å². The molecular formula is C26H28ClF3N4O2. The minimum absolute atomic E-state index is 0.0602. The monoisotopic (exact) mass is 520 g/mol. The number of ether oxygens (including phenoxy) is 2. The number of allylic oxidation sites excluding steroid dienone is 3. The molecule has 5 rings (SSSR count). The highest BCUT2D eigenvalue weighted by Gasteiger charge is 2.45. The highest BCUT2D eigenvalue weighted by atomic mass is 35.5. The van der Waals surface area contributed by atoms with Crippen molar-refractivity contribution in [2.75, 3.05) is 25.4 Å². The summed E-state index contributed by atoms with van der Waals surface area (Å²) in [5.41, 5.74) is 8.54. The van der Waals surface area contributed by atoms with Gasteiger partial charge in [0, 0.05) is 23.2 Å². The Bertz CT molecular complexity index is 1190. The van der Waals surface area contributed by atoms with Gasteiger partial charge in [-0.05, 0) is 79.3 Å². The van der Waals surface area contributed by atoms with Crippen molar-refractivity contribution in [2.24, 2.45) is 5.41 Å². The molecular weight excluding hydrogens is 493 g/mol. The van der Waals surface area contributed by atoms with Crippen molar-refractivity contribution >= 4 is 28.7 Å². The number of anilines is 1. The summed E-state index contributed by atoms with van der Waals surface area (Å²) in [4.78, 5) is 8.28. The molecule has 3 heterocycles. The number of hydrogen-bond acceptors (Lipinski definition) is 6. The number of nitrogens with two attached hydrogens (primary N) is 1. The average Bonchev–Trinajstić information content (AvgIpc) is 3.30. The molecule has 2 aromatic rings. The molecule has 0 saturated carbocycles. The molecule has 1 aromatic carbocycles. The van der Waals surface area contributed by atoms with Crippen LogP contribution in [0.5, 0.6) is 5.88 Å². The molecule has 1 aromatic heterocycles. The van der Waals surface area contributed by atoms with E-state index in [0.29, 0.717) is 41.3 Å². The Balaban J connectivity index is 1.47. The molecule has 192 valence electrons. The first-order chi connectivity index (χ1) is 17.2. The number of hydrogen-bond donors (Lipinski definition) is 2. The lowest BCUT2D eigenvalue weighted by atomic mass is 9.74. The highest BCUT2D eigenvalue weighted by Crippen LogP contribution is 2.44. The quantitative estimate of drug-likeness (QED) is 0.496. The molecule has 1 fully saturated rings. The molecule has 0 radical (unpaired) electrons. The van der Waals surface area contributed by atoms with Crippen LogP contribution in [-0.4, -0.2) is 35.8 Å². The highest BCUT2D eigenvalue weighted by molar-refractivity contribution is 6.30. The van der Waals surface area contributed by atoms with Crippen molar-refractivity contribution in [1.29, 1.82) is 0 Å². The minimum atomic E-state index is -4.72. The summed E-state index contributed by atoms with van der Waals surface area (Å²) >= 11 is 6.15. The van der Waals surface area contributed by atoms with Gasteiger partial charge < -0.3 is 20.5 Å². The zero-order chi connectivity index (χ0) is 25.3. The zero-order valence-electron chi connectivity index (χ0n) is 19.7. The van der Waals surface area contributed by atoms with Gasteiger partial charge in [0.15, 0.2) is 0 Å². The molecule has 2 atom stereocenters. The number of rotatable bonds is 5. The molecule has 3 aliphatic rings. The zero-order valence-corrected chi connectivity index (χ0v) is 20.5. The van der Waals surface area contributed by atoms with E-state index in [2.05, 4.69) is 21.4 Å². The Morgan fingerprint density at radius 3 is 2.67 bits per heavy atom. The Morgan fingerprint density at radius 2 is 2.00 bits per heavy atom. The van der Waals surface area contributed by atoms with Gasteiger partial charge in [0.1, 0.15) is 0 Å². The number of aromatic nitrogens is 2. The Morgan fingerprint density at radius 1 is 1.14 bits per heavy atom. The number of benzene rings is 1. The largest absolute Gasteiger partial charge is 0.501 e. The molecule has 1 spiro atoms. The molecule has 36 heavy (non-hydrogen) atoms. The molecule has 6 nitrogen and oxygen atoms in total. The Kier molecular flexibility index (Phi) is 6.87. The first kappa shape index (κ1) is 24.9. The fourth-order valence-corrected chi connectivity index (χ4v) is 5.42. The maximum Gasteiger partial charge on any atom is 0.429 e. The molecule has 1 unspecified atom stereocenters. The van der Waals surface area contributed by atoms with E-state index in [1.165, 1.54) is 30.5 Å². The molecule has 0 bridgehead atoms. The van der Waals surface area contributed by atoms with Crippen LogP contribution in [0.25, 0.3) is 11.1 Å². The summed E-state index contributed by atoms with van der Waals surface area (Å²) in [7, 11) is 0. The van der Waals surface area contributed by atoms with E-state index in [1.54, 1.807) is 0 Å². The molecule has 2 aliphatic heterocycles. The first-order valence-corrected chi connectivity index (χ1v) is 12.5. The molecule has 1 aliphatic carbocycles. The van der Waals surface area contributed by atoms with Crippen LogP contribution in [0.1, 0.15) is 61.4 Å². The Labute approximate surface area is 212 Å². The van der Waals surface area contributed by atoms with Gasteiger partial charge >= 0.3 is 6.18 Å². The van der Waals surface area contributed by atoms with Crippen LogP contribution < -0.4 is 15.8 Å². The van der Waals surface area contributed by atoms with Gasteiger partial charge in [-0.1, -0.05) is 23.7 Å². The molecule has 3 N–H and O–H groups in total. The van der Waals surface area contributed by atoms with E-state index in [-0.39, 0.29) is 22.8 Å². The van der Waals surface area contributed by atoms with Crippen LogP contribution in [0.3, 0.4) is 0 Å². The van der Waals surface area contributed by atoms with Crippen LogP contribution >= 0.6 is 11.6 Å². The second-order valence-corrected chi connectivity index (χ2v) is 10.1. The number of halogens is 4. The molecule has 0 amide bonds. The third-order valence-corrected chi connectivity index (χ3v) is 7.44. The summed E-state index contributed by atoms with van der Waals surface area (Å²) in [5.74, 6) is -0.356. The van der Waals surface area contributed by atoms with Gasteiger partial charge in [0.05, 0.1) is 18.6 Å². The van der Waals surface area contributed by atoms with Crippen LogP contribution in [0.15, 0.2) is 36.6 Å². The molecule has 1 saturated heterocycles. The predicted molar refractivity (Wildman–Crippen MR) is 132 cm³/mol. The van der Waals surface area contributed by atoms with Gasteiger partial charge in [-0.15, -0.1) is 0 Å². The number of nitrogens with zero attached hydrogens (tertiary/aromatic N) is 2. The summed E-state index contributed by atoms with van der Waals surface area (Å²) < 4.78 is 54.0. The lowest BCUT2D eigenvalue weighted by Gasteiger charge is -2.31. The van der Waals surface area contributed by atoms with E-state index < -0.39 is 12.3 Å². The SMILES string of the molecule is Nc1nc(O[C@H](c2ccc(Cl)cc2C2=COCCC2)C(F)(F)F)cc(C2=CCC3(CCNC3)CC2)n1.